The van der Waals surface area contributed by atoms with Crippen LogP contribution in [0.15, 0.2) is 48.2 Å². The molecule has 1 aromatic carbocycles. The smallest absolute Gasteiger partial charge is 0.242 e. The van der Waals surface area contributed by atoms with Gasteiger partial charge in [0.05, 0.1) is 6.54 Å². The Morgan fingerprint density at radius 3 is 2.59 bits per heavy atom. The van der Waals surface area contributed by atoms with Crippen LogP contribution in [0.5, 0.6) is 0 Å². The summed E-state index contributed by atoms with van der Waals surface area (Å²) in [4.78, 5) is 45.7. The zero-order chi connectivity index (χ0) is 28.0. The van der Waals surface area contributed by atoms with E-state index >= 15 is 0 Å². The molecular weight excluding hydrogens is 488 g/mol. The van der Waals surface area contributed by atoms with Crippen molar-refractivity contribution in [2.24, 2.45) is 11.3 Å². The maximum Gasteiger partial charge on any atom is 0.242 e. The molecule has 2 aliphatic heterocycles. The van der Waals surface area contributed by atoms with Gasteiger partial charge in [-0.3, -0.25) is 24.2 Å². The molecule has 0 bridgehead atoms. The van der Waals surface area contributed by atoms with Crippen molar-refractivity contribution >= 4 is 23.3 Å². The van der Waals surface area contributed by atoms with Crippen LogP contribution < -0.4 is 10.2 Å². The number of nitrogens with one attached hydrogen (secondary N) is 1. The fraction of sp³-hybridized carbons (Fsp3) is 0.594. The summed E-state index contributed by atoms with van der Waals surface area (Å²) in [5.74, 6) is 0.796. The summed E-state index contributed by atoms with van der Waals surface area (Å²) < 4.78 is 0. The molecule has 7 heteroatoms. The Balaban J connectivity index is 1.31. The number of nitrogens with zero attached hydrogens (tertiary/aromatic N) is 3. The van der Waals surface area contributed by atoms with Gasteiger partial charge in [0.25, 0.3) is 0 Å². The SMILES string of the molecule is CCCC(C)(C)C(=O)N(CC)CCCC1CCN(CC(=O)N2c3ccccc3CNC3=CC=CC(=O)C32)CC1. The van der Waals surface area contributed by atoms with Gasteiger partial charge in [-0.05, 0) is 81.8 Å². The first-order chi connectivity index (χ1) is 18.7. The molecule has 0 radical (unpaired) electrons. The minimum atomic E-state index is -0.629. The molecule has 2 heterocycles. The average Bonchev–Trinajstić information content (AvgIpc) is 3.09. The van der Waals surface area contributed by atoms with Crippen LogP contribution in [0.3, 0.4) is 0 Å². The summed E-state index contributed by atoms with van der Waals surface area (Å²) in [6.45, 7) is 12.6. The lowest BCUT2D eigenvalue weighted by atomic mass is 9.86. The van der Waals surface area contributed by atoms with E-state index in [2.05, 4.69) is 37.9 Å². The number of hydrogen-bond acceptors (Lipinski definition) is 5. The Morgan fingerprint density at radius 2 is 1.87 bits per heavy atom. The highest BCUT2D eigenvalue weighted by Crippen LogP contribution is 2.31. The first kappa shape index (κ1) is 29.1. The lowest BCUT2D eigenvalue weighted by Gasteiger charge is -2.36. The average molecular weight is 535 g/mol. The molecule has 3 aliphatic rings. The quantitative estimate of drug-likeness (QED) is 0.472. The number of anilines is 1. The Labute approximate surface area is 234 Å². The fourth-order valence-electron chi connectivity index (χ4n) is 6.35. The van der Waals surface area contributed by atoms with Crippen molar-refractivity contribution in [2.75, 3.05) is 37.6 Å². The van der Waals surface area contributed by atoms with Crippen molar-refractivity contribution in [3.05, 3.63) is 53.8 Å². The molecule has 0 spiro atoms. The molecule has 1 N–H and O–H groups in total. The van der Waals surface area contributed by atoms with Crippen LogP contribution in [0.4, 0.5) is 5.69 Å². The van der Waals surface area contributed by atoms with Crippen LogP contribution in [-0.4, -0.2) is 66.2 Å². The first-order valence-corrected chi connectivity index (χ1v) is 14.8. The minimum Gasteiger partial charge on any atom is -0.382 e. The second-order valence-corrected chi connectivity index (χ2v) is 11.9. The molecule has 0 aromatic heterocycles. The number of ketones is 1. The summed E-state index contributed by atoms with van der Waals surface area (Å²) >= 11 is 0. The predicted molar refractivity (Wildman–Crippen MR) is 156 cm³/mol. The number of carbonyl (C=O) groups excluding carboxylic acids is 3. The largest absolute Gasteiger partial charge is 0.382 e. The van der Waals surface area contributed by atoms with Gasteiger partial charge in [-0.15, -0.1) is 0 Å². The molecule has 1 atom stereocenters. The zero-order valence-electron chi connectivity index (χ0n) is 24.2. The highest BCUT2D eigenvalue weighted by molar-refractivity contribution is 6.09. The van der Waals surface area contributed by atoms with Crippen LogP contribution >= 0.6 is 0 Å². The minimum absolute atomic E-state index is 0.0315. The van der Waals surface area contributed by atoms with E-state index in [1.165, 1.54) is 0 Å². The van der Waals surface area contributed by atoms with Gasteiger partial charge in [0.2, 0.25) is 11.8 Å². The van der Waals surface area contributed by atoms with E-state index in [4.69, 9.17) is 0 Å². The van der Waals surface area contributed by atoms with E-state index < -0.39 is 6.04 Å². The summed E-state index contributed by atoms with van der Waals surface area (Å²) in [5, 5.41) is 3.37. The highest BCUT2D eigenvalue weighted by atomic mass is 16.2. The second kappa shape index (κ2) is 12.9. The Hall–Kier alpha value is -2.93. The zero-order valence-corrected chi connectivity index (χ0v) is 24.2. The van der Waals surface area contributed by atoms with Gasteiger partial charge in [-0.1, -0.05) is 51.5 Å². The van der Waals surface area contributed by atoms with Crippen LogP contribution in [0.25, 0.3) is 0 Å². The summed E-state index contributed by atoms with van der Waals surface area (Å²) in [5.41, 5.74) is 2.33. The van der Waals surface area contributed by atoms with E-state index in [1.807, 2.05) is 35.2 Å². The number of rotatable bonds is 10. The Kier molecular flexibility index (Phi) is 9.65. The number of allylic oxidation sites excluding steroid dienone is 2. The maximum atomic E-state index is 13.8. The molecule has 39 heavy (non-hydrogen) atoms. The van der Waals surface area contributed by atoms with Gasteiger partial charge in [0.15, 0.2) is 5.78 Å². The third kappa shape index (κ3) is 6.81. The number of benzene rings is 1. The van der Waals surface area contributed by atoms with Gasteiger partial charge in [-0.2, -0.15) is 0 Å². The number of hydrogen-bond donors (Lipinski definition) is 1. The van der Waals surface area contributed by atoms with E-state index in [-0.39, 0.29) is 23.0 Å². The van der Waals surface area contributed by atoms with Gasteiger partial charge in [0, 0.05) is 36.4 Å². The molecule has 1 aromatic rings. The summed E-state index contributed by atoms with van der Waals surface area (Å²) in [6.07, 6.45) is 11.4. The van der Waals surface area contributed by atoms with E-state index in [0.717, 1.165) is 81.7 Å². The molecule has 212 valence electrons. The molecule has 1 fully saturated rings. The van der Waals surface area contributed by atoms with Gasteiger partial charge < -0.3 is 10.2 Å². The number of carbonyl (C=O) groups is 3. The normalized spacial score (nSPS) is 20.0. The number of para-hydroxylation sites is 1. The van der Waals surface area contributed by atoms with E-state index in [0.29, 0.717) is 19.0 Å². The molecule has 7 nitrogen and oxygen atoms in total. The van der Waals surface area contributed by atoms with Gasteiger partial charge in [-0.25, -0.2) is 0 Å². The number of fused-ring (bicyclic) bond motifs is 2. The lowest BCUT2D eigenvalue weighted by molar-refractivity contribution is -0.140. The molecule has 1 saturated heterocycles. The van der Waals surface area contributed by atoms with Crippen molar-refractivity contribution in [3.63, 3.8) is 0 Å². The second-order valence-electron chi connectivity index (χ2n) is 11.9. The van der Waals surface area contributed by atoms with Crippen LogP contribution in [0, 0.1) is 11.3 Å². The number of piperidine rings is 1. The number of likely N-dealkylation sites (tertiary alicyclic amines) is 1. The van der Waals surface area contributed by atoms with Crippen LogP contribution in [0.2, 0.25) is 0 Å². The molecule has 1 aliphatic carbocycles. The maximum absolute atomic E-state index is 13.8. The Bertz CT molecular complexity index is 1100. The fourth-order valence-corrected chi connectivity index (χ4v) is 6.35. The van der Waals surface area contributed by atoms with Crippen molar-refractivity contribution in [1.29, 1.82) is 0 Å². The summed E-state index contributed by atoms with van der Waals surface area (Å²) in [7, 11) is 0. The molecular formula is C32H46N4O3. The molecule has 0 saturated carbocycles. The standard InChI is InChI=1S/C32H46N4O3/c1-5-18-32(3,4)31(39)35(6-2)19-10-11-24-16-20-34(21-17-24)23-29(38)36-27-14-8-7-12-25(27)22-33-26-13-9-15-28(37)30(26)36/h7-9,12-15,24,30,33H,5-6,10-11,16-23H2,1-4H3. The third-order valence-corrected chi connectivity index (χ3v) is 8.59. The molecule has 4 rings (SSSR count). The van der Waals surface area contributed by atoms with Crippen molar-refractivity contribution < 1.29 is 14.4 Å². The summed E-state index contributed by atoms with van der Waals surface area (Å²) in [6, 6.07) is 7.24. The highest BCUT2D eigenvalue weighted by Gasteiger charge is 2.38. The van der Waals surface area contributed by atoms with E-state index in [9.17, 15) is 14.4 Å². The van der Waals surface area contributed by atoms with Crippen molar-refractivity contribution in [2.45, 2.75) is 78.8 Å². The van der Waals surface area contributed by atoms with Crippen LogP contribution in [-0.2, 0) is 20.9 Å². The monoisotopic (exact) mass is 534 g/mol. The molecule has 1 unspecified atom stereocenters. The van der Waals surface area contributed by atoms with Crippen molar-refractivity contribution in [3.8, 4) is 0 Å². The predicted octanol–water partition coefficient (Wildman–Crippen LogP) is 4.68. The lowest BCUT2D eigenvalue weighted by Crippen LogP contribution is -2.52. The van der Waals surface area contributed by atoms with E-state index in [1.54, 1.807) is 17.1 Å². The van der Waals surface area contributed by atoms with Crippen molar-refractivity contribution in [1.82, 2.24) is 15.1 Å². The van der Waals surface area contributed by atoms with Gasteiger partial charge >= 0.3 is 0 Å². The van der Waals surface area contributed by atoms with Gasteiger partial charge in [0.1, 0.15) is 6.04 Å². The number of amides is 2. The van der Waals surface area contributed by atoms with Crippen LogP contribution in [0.1, 0.15) is 71.8 Å². The molecule has 2 amide bonds. The third-order valence-electron chi connectivity index (χ3n) is 8.59. The first-order valence-electron chi connectivity index (χ1n) is 14.8. The Morgan fingerprint density at radius 1 is 1.13 bits per heavy atom. The topological polar surface area (TPSA) is 73.0 Å².